The van der Waals surface area contributed by atoms with E-state index in [4.69, 9.17) is 10.5 Å². The number of amides is 2. The van der Waals surface area contributed by atoms with Gasteiger partial charge < -0.3 is 15.8 Å². The SMILES string of the molecule is CN=CC(=CN)n1nc2c(c1NC(=O)NC1CN(CCOC)CC1c1ccccc1)CCC2. The number of hydrogen-bond acceptors (Lipinski definition) is 6. The molecule has 0 saturated carbocycles. The molecule has 176 valence electrons. The average molecular weight is 452 g/mol. The predicted molar refractivity (Wildman–Crippen MR) is 131 cm³/mol. The van der Waals surface area contributed by atoms with Gasteiger partial charge in [-0.05, 0) is 24.8 Å². The molecule has 0 spiro atoms. The number of hydrogen-bond donors (Lipinski definition) is 3. The zero-order valence-corrected chi connectivity index (χ0v) is 19.3. The van der Waals surface area contributed by atoms with Crippen molar-refractivity contribution in [3.63, 3.8) is 0 Å². The van der Waals surface area contributed by atoms with E-state index in [0.29, 0.717) is 18.1 Å². The highest BCUT2D eigenvalue weighted by Gasteiger charge is 2.35. The molecule has 2 heterocycles. The maximum Gasteiger partial charge on any atom is 0.320 e. The van der Waals surface area contributed by atoms with Crippen molar-refractivity contribution < 1.29 is 9.53 Å². The zero-order valence-electron chi connectivity index (χ0n) is 19.3. The van der Waals surface area contributed by atoms with Gasteiger partial charge in [0.2, 0.25) is 0 Å². The predicted octanol–water partition coefficient (Wildman–Crippen LogP) is 2.07. The molecule has 4 rings (SSSR count). The molecule has 2 atom stereocenters. The van der Waals surface area contributed by atoms with E-state index in [2.05, 4.69) is 37.8 Å². The number of nitrogens with one attached hydrogen (secondary N) is 2. The van der Waals surface area contributed by atoms with Crippen molar-refractivity contribution in [1.29, 1.82) is 0 Å². The zero-order chi connectivity index (χ0) is 23.2. The van der Waals surface area contributed by atoms with Crippen LogP contribution in [-0.2, 0) is 17.6 Å². The molecule has 9 nitrogen and oxygen atoms in total. The Labute approximate surface area is 194 Å². The van der Waals surface area contributed by atoms with Crippen LogP contribution in [0, 0.1) is 0 Å². The van der Waals surface area contributed by atoms with Crippen LogP contribution in [0.2, 0.25) is 0 Å². The Balaban J connectivity index is 1.53. The maximum atomic E-state index is 13.2. The quantitative estimate of drug-likeness (QED) is 0.532. The molecule has 4 N–H and O–H groups in total. The number of allylic oxidation sites excluding steroid dienone is 1. The number of fused-ring (bicyclic) bond motifs is 1. The second kappa shape index (κ2) is 10.6. The van der Waals surface area contributed by atoms with Crippen LogP contribution < -0.4 is 16.4 Å². The largest absolute Gasteiger partial charge is 0.403 e. The third-order valence-electron chi connectivity index (χ3n) is 6.37. The van der Waals surface area contributed by atoms with Gasteiger partial charge in [-0.15, -0.1) is 0 Å². The number of rotatable bonds is 8. The van der Waals surface area contributed by atoms with Crippen molar-refractivity contribution in [2.75, 3.05) is 45.7 Å². The summed E-state index contributed by atoms with van der Waals surface area (Å²) in [5.74, 6) is 0.873. The molecule has 1 aromatic carbocycles. The van der Waals surface area contributed by atoms with Gasteiger partial charge >= 0.3 is 6.03 Å². The molecule has 1 aromatic heterocycles. The van der Waals surface area contributed by atoms with Crippen molar-refractivity contribution >= 4 is 23.8 Å². The first-order valence-corrected chi connectivity index (χ1v) is 11.4. The lowest BCUT2D eigenvalue weighted by Gasteiger charge is -2.21. The molecule has 9 heteroatoms. The summed E-state index contributed by atoms with van der Waals surface area (Å²) in [5.41, 5.74) is 9.74. The molecule has 2 unspecified atom stereocenters. The molecule has 33 heavy (non-hydrogen) atoms. The highest BCUT2D eigenvalue weighted by atomic mass is 16.5. The second-order valence-corrected chi connectivity index (χ2v) is 8.49. The minimum atomic E-state index is -0.241. The second-order valence-electron chi connectivity index (χ2n) is 8.49. The minimum absolute atomic E-state index is 0.0181. The van der Waals surface area contributed by atoms with Crippen LogP contribution in [-0.4, -0.2) is 73.4 Å². The number of aliphatic imine (C=N–C) groups is 1. The molecular formula is C24H33N7O2. The number of aryl methyl sites for hydroxylation is 1. The maximum absolute atomic E-state index is 13.2. The van der Waals surface area contributed by atoms with E-state index in [0.717, 1.165) is 50.2 Å². The van der Waals surface area contributed by atoms with Gasteiger partial charge in [0.15, 0.2) is 0 Å². The molecule has 2 amide bonds. The summed E-state index contributed by atoms with van der Waals surface area (Å²) in [7, 11) is 3.39. The van der Waals surface area contributed by atoms with Gasteiger partial charge in [0.05, 0.1) is 18.3 Å². The number of nitrogens with two attached hydrogens (primary N) is 1. The van der Waals surface area contributed by atoms with Crippen molar-refractivity contribution in [3.05, 3.63) is 53.4 Å². The summed E-state index contributed by atoms with van der Waals surface area (Å²) in [6.45, 7) is 3.14. The van der Waals surface area contributed by atoms with Crippen LogP contribution >= 0.6 is 0 Å². The lowest BCUT2D eigenvalue weighted by molar-refractivity contribution is 0.159. The number of likely N-dealkylation sites (tertiary alicyclic amines) is 1. The van der Waals surface area contributed by atoms with Crippen LogP contribution in [0.25, 0.3) is 5.70 Å². The summed E-state index contributed by atoms with van der Waals surface area (Å²) in [5, 5.41) is 11.0. The fourth-order valence-corrected chi connectivity index (χ4v) is 4.79. The van der Waals surface area contributed by atoms with Gasteiger partial charge in [0, 0.05) is 57.7 Å². The molecule has 2 aliphatic rings. The summed E-state index contributed by atoms with van der Waals surface area (Å²) < 4.78 is 6.95. The fraction of sp³-hybridized carbons (Fsp3) is 0.458. The number of anilines is 1. The highest BCUT2D eigenvalue weighted by Crippen LogP contribution is 2.31. The third-order valence-corrected chi connectivity index (χ3v) is 6.37. The van der Waals surface area contributed by atoms with E-state index in [9.17, 15) is 4.79 Å². The van der Waals surface area contributed by atoms with Crippen LogP contribution in [0.1, 0.15) is 29.2 Å². The van der Waals surface area contributed by atoms with Crippen molar-refractivity contribution in [2.24, 2.45) is 10.7 Å². The van der Waals surface area contributed by atoms with E-state index < -0.39 is 0 Å². The smallest absolute Gasteiger partial charge is 0.320 e. The first-order chi connectivity index (χ1) is 16.1. The molecule has 1 saturated heterocycles. The Morgan fingerprint density at radius 3 is 2.85 bits per heavy atom. The first-order valence-electron chi connectivity index (χ1n) is 11.4. The number of nitrogens with zero attached hydrogens (tertiary/aromatic N) is 4. The Morgan fingerprint density at radius 2 is 2.12 bits per heavy atom. The number of methoxy groups -OCH3 is 1. The van der Waals surface area contributed by atoms with Crippen LogP contribution in [0.4, 0.5) is 10.6 Å². The van der Waals surface area contributed by atoms with E-state index >= 15 is 0 Å². The Bertz CT molecular complexity index is 1020. The van der Waals surface area contributed by atoms with E-state index in [1.807, 2.05) is 18.2 Å². The summed E-state index contributed by atoms with van der Waals surface area (Å²) in [6.07, 6.45) is 5.90. The lowest BCUT2D eigenvalue weighted by atomic mass is 9.94. The summed E-state index contributed by atoms with van der Waals surface area (Å²) >= 11 is 0. The molecule has 0 radical (unpaired) electrons. The summed E-state index contributed by atoms with van der Waals surface area (Å²) in [6, 6.07) is 10.1. The van der Waals surface area contributed by atoms with E-state index in [1.54, 1.807) is 25.1 Å². The molecule has 1 aliphatic heterocycles. The molecule has 2 aromatic rings. The van der Waals surface area contributed by atoms with Crippen LogP contribution in [0.15, 0.2) is 41.5 Å². The highest BCUT2D eigenvalue weighted by molar-refractivity contribution is 6.03. The monoisotopic (exact) mass is 451 g/mol. The van der Waals surface area contributed by atoms with Gasteiger partial charge in [-0.1, -0.05) is 30.3 Å². The average Bonchev–Trinajstić information content (AvgIpc) is 3.53. The topological polar surface area (TPSA) is 110 Å². The Morgan fingerprint density at radius 1 is 1.30 bits per heavy atom. The number of ether oxygens (including phenoxy) is 1. The minimum Gasteiger partial charge on any atom is -0.403 e. The van der Waals surface area contributed by atoms with Gasteiger partial charge in [0.25, 0.3) is 0 Å². The first kappa shape index (κ1) is 23.0. The van der Waals surface area contributed by atoms with E-state index in [1.165, 1.54) is 11.8 Å². The van der Waals surface area contributed by atoms with Crippen LogP contribution in [0.3, 0.4) is 0 Å². The number of carbonyl (C=O) groups excluding carboxylic acids is 1. The van der Waals surface area contributed by atoms with Crippen molar-refractivity contribution in [2.45, 2.75) is 31.2 Å². The van der Waals surface area contributed by atoms with E-state index in [-0.39, 0.29) is 18.0 Å². The van der Waals surface area contributed by atoms with Crippen molar-refractivity contribution in [1.82, 2.24) is 20.0 Å². The van der Waals surface area contributed by atoms with Gasteiger partial charge in [-0.2, -0.15) is 5.10 Å². The Hall–Kier alpha value is -3.17. The molecule has 1 fully saturated rings. The number of carbonyl (C=O) groups is 1. The van der Waals surface area contributed by atoms with Crippen molar-refractivity contribution in [3.8, 4) is 0 Å². The molecule has 1 aliphatic carbocycles. The van der Waals surface area contributed by atoms with Gasteiger partial charge in [-0.3, -0.25) is 15.2 Å². The standard InChI is InChI=1S/C24H33N7O2/c1-26-14-18(13-25)31-23(19-9-6-10-21(19)29-31)28-24(32)27-22-16-30(11-12-33-2)15-20(22)17-7-4-3-5-8-17/h3-5,7-8,13-14,20,22H,6,9-12,15-16,25H2,1-2H3,(H2,27,28,32). The van der Waals surface area contributed by atoms with Crippen LogP contribution in [0.5, 0.6) is 0 Å². The Kier molecular flexibility index (Phi) is 7.41. The third kappa shape index (κ3) is 5.09. The number of aromatic nitrogens is 2. The summed E-state index contributed by atoms with van der Waals surface area (Å²) in [4.78, 5) is 19.6. The number of urea groups is 1. The molecule has 0 bridgehead atoms. The van der Waals surface area contributed by atoms with Gasteiger partial charge in [0.1, 0.15) is 11.5 Å². The lowest BCUT2D eigenvalue weighted by Crippen LogP contribution is -2.42. The fourth-order valence-electron chi connectivity index (χ4n) is 4.79. The number of benzene rings is 1. The normalized spacial score (nSPS) is 21.0. The van der Waals surface area contributed by atoms with Gasteiger partial charge in [-0.25, -0.2) is 9.48 Å². The molecular weight excluding hydrogens is 418 g/mol.